The van der Waals surface area contributed by atoms with Crippen molar-refractivity contribution in [3.8, 4) is 0 Å². The van der Waals surface area contributed by atoms with Crippen LogP contribution in [-0.2, 0) is 0 Å². The third-order valence-electron chi connectivity index (χ3n) is 2.64. The molecule has 0 bridgehead atoms. The van der Waals surface area contributed by atoms with Crippen LogP contribution in [0.1, 0.15) is 19.8 Å². The van der Waals surface area contributed by atoms with E-state index in [-0.39, 0.29) is 0 Å². The molecule has 1 aromatic rings. The van der Waals surface area contributed by atoms with E-state index in [9.17, 15) is 0 Å². The number of hydrogen-bond donors (Lipinski definition) is 1. The van der Waals surface area contributed by atoms with E-state index in [2.05, 4.69) is 29.1 Å². The second-order valence-corrected chi connectivity index (χ2v) is 5.23. The van der Waals surface area contributed by atoms with E-state index >= 15 is 0 Å². The predicted octanol–water partition coefficient (Wildman–Crippen LogP) is 2.44. The molecule has 13 heavy (non-hydrogen) atoms. The number of nitrogens with one attached hydrogen (secondary N) is 1. The smallest absolute Gasteiger partial charge is 0.206 e. The number of rotatable bonds is 3. The maximum Gasteiger partial charge on any atom is 0.206 e. The summed E-state index contributed by atoms with van der Waals surface area (Å²) in [6, 6.07) is 0.592. The van der Waals surface area contributed by atoms with Gasteiger partial charge in [0.1, 0.15) is 0 Å². The van der Waals surface area contributed by atoms with Crippen molar-refractivity contribution in [1.82, 2.24) is 10.2 Å². The van der Waals surface area contributed by atoms with Gasteiger partial charge in [0.15, 0.2) is 3.95 Å². The lowest BCUT2D eigenvalue weighted by atomic mass is 10.2. The van der Waals surface area contributed by atoms with Crippen LogP contribution in [0.5, 0.6) is 0 Å². The highest BCUT2D eigenvalue weighted by Gasteiger charge is 2.31. The fourth-order valence-corrected chi connectivity index (χ4v) is 2.37. The first kappa shape index (κ1) is 9.15. The fourth-order valence-electron chi connectivity index (χ4n) is 1.44. The molecule has 0 radical (unpaired) electrons. The van der Waals surface area contributed by atoms with Gasteiger partial charge in [-0.05, 0) is 37.9 Å². The van der Waals surface area contributed by atoms with Gasteiger partial charge in [-0.25, -0.2) is 0 Å². The van der Waals surface area contributed by atoms with E-state index in [0.29, 0.717) is 6.04 Å². The second kappa shape index (κ2) is 3.38. The van der Waals surface area contributed by atoms with Crippen LogP contribution in [-0.4, -0.2) is 23.3 Å². The van der Waals surface area contributed by atoms with Crippen molar-refractivity contribution < 1.29 is 0 Å². The maximum absolute atomic E-state index is 4.99. The zero-order chi connectivity index (χ0) is 9.42. The average Bonchev–Trinajstić information content (AvgIpc) is 2.87. The summed E-state index contributed by atoms with van der Waals surface area (Å²) in [4.78, 5) is 2.22. The number of anilines is 1. The number of aromatic nitrogens is 2. The molecule has 72 valence electrons. The number of aromatic amines is 1. The Bertz CT molecular complexity index is 339. The first-order chi connectivity index (χ1) is 6.18. The zero-order valence-corrected chi connectivity index (χ0v) is 9.41. The van der Waals surface area contributed by atoms with Crippen molar-refractivity contribution in [2.24, 2.45) is 5.92 Å². The van der Waals surface area contributed by atoms with Crippen LogP contribution in [0.2, 0.25) is 0 Å². The molecule has 1 fully saturated rings. The molecule has 1 unspecified atom stereocenters. The number of H-pyrrole nitrogens is 1. The Hall–Kier alpha value is -0.420. The molecule has 1 aromatic heterocycles. The van der Waals surface area contributed by atoms with Gasteiger partial charge in [-0.3, -0.25) is 5.10 Å². The Morgan fingerprint density at radius 1 is 1.69 bits per heavy atom. The Kier molecular flexibility index (Phi) is 2.38. The molecule has 0 saturated heterocycles. The van der Waals surface area contributed by atoms with Gasteiger partial charge < -0.3 is 4.90 Å². The summed E-state index contributed by atoms with van der Waals surface area (Å²) in [5.74, 6) is 0.863. The van der Waals surface area contributed by atoms with Gasteiger partial charge in [-0.2, -0.15) is 0 Å². The van der Waals surface area contributed by atoms with E-state index < -0.39 is 0 Å². The molecule has 1 aliphatic rings. The third kappa shape index (κ3) is 1.91. The normalized spacial score (nSPS) is 18.6. The van der Waals surface area contributed by atoms with E-state index in [0.717, 1.165) is 15.0 Å². The lowest BCUT2D eigenvalue weighted by Crippen LogP contribution is -2.30. The van der Waals surface area contributed by atoms with Crippen molar-refractivity contribution >= 4 is 28.7 Å². The SMILES string of the molecule is CC(C1CC1)N(C)c1n[nH]c(=S)s1. The highest BCUT2D eigenvalue weighted by atomic mass is 32.1. The van der Waals surface area contributed by atoms with E-state index in [1.165, 1.54) is 12.8 Å². The monoisotopic (exact) mass is 215 g/mol. The van der Waals surface area contributed by atoms with Gasteiger partial charge in [0.25, 0.3) is 0 Å². The number of nitrogens with zero attached hydrogens (tertiary/aromatic N) is 2. The number of hydrogen-bond acceptors (Lipinski definition) is 4. The molecular weight excluding hydrogens is 202 g/mol. The van der Waals surface area contributed by atoms with Crippen LogP contribution in [0.4, 0.5) is 5.13 Å². The minimum absolute atomic E-state index is 0.592. The maximum atomic E-state index is 4.99. The van der Waals surface area contributed by atoms with E-state index in [1.54, 1.807) is 11.3 Å². The molecule has 1 atom stereocenters. The van der Waals surface area contributed by atoms with Gasteiger partial charge in [0.05, 0.1) is 0 Å². The minimum atomic E-state index is 0.592. The molecule has 1 N–H and O–H groups in total. The molecule has 5 heteroatoms. The Balaban J connectivity index is 2.11. The van der Waals surface area contributed by atoms with Gasteiger partial charge >= 0.3 is 0 Å². The molecule has 1 heterocycles. The fraction of sp³-hybridized carbons (Fsp3) is 0.750. The van der Waals surface area contributed by atoms with Crippen LogP contribution < -0.4 is 4.90 Å². The molecular formula is C8H13N3S2. The quantitative estimate of drug-likeness (QED) is 0.786. The molecule has 1 aliphatic carbocycles. The van der Waals surface area contributed by atoms with E-state index in [1.807, 2.05) is 0 Å². The van der Waals surface area contributed by atoms with Crippen molar-refractivity contribution in [2.75, 3.05) is 11.9 Å². The lowest BCUT2D eigenvalue weighted by molar-refractivity contribution is 0.606. The first-order valence-electron chi connectivity index (χ1n) is 4.47. The standard InChI is InChI=1S/C8H13N3S2/c1-5(6-3-4-6)11(2)7-9-10-8(12)13-7/h5-6H,3-4H2,1-2H3,(H,10,12). The topological polar surface area (TPSA) is 31.9 Å². The second-order valence-electron chi connectivity index (χ2n) is 3.58. The molecule has 0 aromatic carbocycles. The average molecular weight is 215 g/mol. The predicted molar refractivity (Wildman–Crippen MR) is 57.9 cm³/mol. The molecule has 0 amide bonds. The van der Waals surface area contributed by atoms with Crippen LogP contribution >= 0.6 is 23.6 Å². The Morgan fingerprint density at radius 3 is 2.85 bits per heavy atom. The molecule has 0 spiro atoms. The zero-order valence-electron chi connectivity index (χ0n) is 7.78. The van der Waals surface area contributed by atoms with Crippen molar-refractivity contribution in [3.63, 3.8) is 0 Å². The molecule has 1 saturated carbocycles. The summed E-state index contributed by atoms with van der Waals surface area (Å²) in [7, 11) is 2.09. The van der Waals surface area contributed by atoms with Crippen molar-refractivity contribution in [2.45, 2.75) is 25.8 Å². The van der Waals surface area contributed by atoms with Gasteiger partial charge in [0.2, 0.25) is 5.13 Å². The Labute approximate surface area is 86.8 Å². The van der Waals surface area contributed by atoms with Gasteiger partial charge in [0, 0.05) is 13.1 Å². The summed E-state index contributed by atoms with van der Waals surface area (Å²) in [6.45, 7) is 2.25. The minimum Gasteiger partial charge on any atom is -0.347 e. The largest absolute Gasteiger partial charge is 0.347 e. The van der Waals surface area contributed by atoms with Crippen molar-refractivity contribution in [3.05, 3.63) is 3.95 Å². The van der Waals surface area contributed by atoms with Gasteiger partial charge in [-0.1, -0.05) is 11.3 Å². The summed E-state index contributed by atoms with van der Waals surface area (Å²) in [5.41, 5.74) is 0. The Morgan fingerprint density at radius 2 is 2.38 bits per heavy atom. The van der Waals surface area contributed by atoms with Crippen LogP contribution in [0.25, 0.3) is 0 Å². The van der Waals surface area contributed by atoms with Crippen molar-refractivity contribution in [1.29, 1.82) is 0 Å². The van der Waals surface area contributed by atoms with Crippen LogP contribution in [0, 0.1) is 9.87 Å². The molecule has 3 nitrogen and oxygen atoms in total. The third-order valence-corrected chi connectivity index (χ3v) is 3.82. The lowest BCUT2D eigenvalue weighted by Gasteiger charge is -2.23. The molecule has 2 rings (SSSR count). The summed E-state index contributed by atoms with van der Waals surface area (Å²) < 4.78 is 0.754. The molecule has 0 aliphatic heterocycles. The van der Waals surface area contributed by atoms with Crippen LogP contribution in [0.15, 0.2) is 0 Å². The summed E-state index contributed by atoms with van der Waals surface area (Å²) >= 11 is 6.54. The highest BCUT2D eigenvalue weighted by molar-refractivity contribution is 7.73. The first-order valence-corrected chi connectivity index (χ1v) is 5.69. The summed E-state index contributed by atoms with van der Waals surface area (Å²) in [5, 5.41) is 7.97. The van der Waals surface area contributed by atoms with Gasteiger partial charge in [-0.15, -0.1) is 5.10 Å². The summed E-state index contributed by atoms with van der Waals surface area (Å²) in [6.07, 6.45) is 2.72. The van der Waals surface area contributed by atoms with Crippen LogP contribution in [0.3, 0.4) is 0 Å². The van der Waals surface area contributed by atoms with E-state index in [4.69, 9.17) is 12.2 Å². The highest BCUT2D eigenvalue weighted by Crippen LogP contribution is 2.36.